The fourth-order valence-corrected chi connectivity index (χ4v) is 4.48. The van der Waals surface area contributed by atoms with Gasteiger partial charge >= 0.3 is 0 Å². The number of carbonyl (C=O) groups excluding carboxylic acids is 2. The van der Waals surface area contributed by atoms with Crippen LogP contribution in [0.3, 0.4) is 0 Å². The zero-order valence-electron chi connectivity index (χ0n) is 18.2. The Morgan fingerprint density at radius 2 is 1.91 bits per heavy atom. The van der Waals surface area contributed by atoms with Crippen molar-refractivity contribution in [3.8, 4) is 11.5 Å². The van der Waals surface area contributed by atoms with Crippen LogP contribution in [0.4, 0.5) is 5.13 Å². The highest BCUT2D eigenvalue weighted by molar-refractivity contribution is 8.01. The van der Waals surface area contributed by atoms with Crippen molar-refractivity contribution in [3.63, 3.8) is 0 Å². The Bertz CT molecular complexity index is 1100. The highest BCUT2D eigenvalue weighted by atomic mass is 32.2. The fourth-order valence-electron chi connectivity index (χ4n) is 2.90. The summed E-state index contributed by atoms with van der Waals surface area (Å²) in [6, 6.07) is 7.34. The van der Waals surface area contributed by atoms with Gasteiger partial charge in [0.05, 0.1) is 25.5 Å². The number of amides is 2. The molecule has 0 radical (unpaired) electrons. The topological polar surface area (TPSA) is 116 Å². The van der Waals surface area contributed by atoms with E-state index in [9.17, 15) is 9.59 Å². The van der Waals surface area contributed by atoms with Gasteiger partial charge in [-0.2, -0.15) is 0 Å². The van der Waals surface area contributed by atoms with Gasteiger partial charge in [0.25, 0.3) is 5.91 Å². The van der Waals surface area contributed by atoms with E-state index in [4.69, 9.17) is 13.9 Å². The molecule has 0 unspecified atom stereocenters. The number of rotatable bonds is 10. The molecule has 0 fully saturated rings. The molecule has 170 valence electrons. The van der Waals surface area contributed by atoms with Gasteiger partial charge in [-0.15, -0.1) is 10.2 Å². The van der Waals surface area contributed by atoms with Crippen LogP contribution in [0.5, 0.6) is 11.5 Å². The Morgan fingerprint density at radius 1 is 1.12 bits per heavy atom. The molecule has 0 aliphatic carbocycles. The maximum Gasteiger partial charge on any atom is 0.261 e. The minimum absolute atomic E-state index is 0.110. The first-order chi connectivity index (χ1) is 15.4. The maximum atomic E-state index is 12.3. The van der Waals surface area contributed by atoms with Crippen molar-refractivity contribution in [2.45, 2.75) is 24.6 Å². The Kier molecular flexibility index (Phi) is 8.12. The van der Waals surface area contributed by atoms with Gasteiger partial charge in [0.15, 0.2) is 15.8 Å². The van der Waals surface area contributed by atoms with Gasteiger partial charge in [-0.3, -0.25) is 14.9 Å². The summed E-state index contributed by atoms with van der Waals surface area (Å²) < 4.78 is 16.5. The molecule has 32 heavy (non-hydrogen) atoms. The molecular formula is C21H24N4O5S2. The van der Waals surface area contributed by atoms with Gasteiger partial charge in [-0.1, -0.05) is 29.2 Å². The number of aromatic nitrogens is 2. The lowest BCUT2D eigenvalue weighted by molar-refractivity contribution is -0.118. The average Bonchev–Trinajstić information content (AvgIpc) is 3.37. The van der Waals surface area contributed by atoms with Crippen LogP contribution in [0, 0.1) is 13.8 Å². The minimum atomic E-state index is -0.306. The van der Waals surface area contributed by atoms with E-state index in [1.165, 1.54) is 23.1 Å². The van der Waals surface area contributed by atoms with Crippen molar-refractivity contribution in [1.29, 1.82) is 0 Å². The zero-order chi connectivity index (χ0) is 23.1. The fraction of sp³-hybridized carbons (Fsp3) is 0.333. The van der Waals surface area contributed by atoms with Crippen LogP contribution in [0.25, 0.3) is 0 Å². The lowest BCUT2D eigenvalue weighted by Gasteiger charge is -2.10. The Hall–Kier alpha value is -3.05. The summed E-state index contributed by atoms with van der Waals surface area (Å²) in [4.78, 5) is 24.5. The predicted octanol–water partition coefficient (Wildman–Crippen LogP) is 3.47. The van der Waals surface area contributed by atoms with E-state index in [-0.39, 0.29) is 17.6 Å². The molecule has 2 heterocycles. The molecule has 9 nitrogen and oxygen atoms in total. The number of aryl methyl sites for hydroxylation is 2. The van der Waals surface area contributed by atoms with Crippen LogP contribution >= 0.6 is 23.1 Å². The summed E-state index contributed by atoms with van der Waals surface area (Å²) in [6.07, 6.45) is 0.665. The van der Waals surface area contributed by atoms with E-state index in [1.54, 1.807) is 34.1 Å². The van der Waals surface area contributed by atoms with Crippen molar-refractivity contribution in [3.05, 3.63) is 46.9 Å². The number of nitrogens with one attached hydrogen (secondary N) is 2. The van der Waals surface area contributed by atoms with Crippen LogP contribution in [0.1, 0.15) is 27.4 Å². The summed E-state index contributed by atoms with van der Waals surface area (Å²) in [5.74, 6) is 2.32. The number of methoxy groups -OCH3 is 2. The molecule has 0 aliphatic rings. The standard InChI is InChI=1S/C21H24N4O5S2/c1-12-9-15(13(2)30-12)19(27)23-20-24-25-21(32-20)31-11-18(26)22-8-7-14-5-6-16(28-3)17(10-14)29-4/h5-6,9-10H,7-8,11H2,1-4H3,(H,22,26)(H,23,24,27). The number of furan rings is 1. The second-order valence-corrected chi connectivity index (χ2v) is 8.93. The SMILES string of the molecule is COc1ccc(CCNC(=O)CSc2nnc(NC(=O)c3cc(C)oc3C)s2)cc1OC. The van der Waals surface area contributed by atoms with Crippen molar-refractivity contribution in [2.24, 2.45) is 0 Å². The van der Waals surface area contributed by atoms with Gasteiger partial charge in [0.1, 0.15) is 11.5 Å². The number of thioether (sulfide) groups is 1. The third kappa shape index (κ3) is 6.24. The molecule has 0 saturated heterocycles. The molecule has 0 bridgehead atoms. The van der Waals surface area contributed by atoms with E-state index in [2.05, 4.69) is 20.8 Å². The summed E-state index contributed by atoms with van der Waals surface area (Å²) >= 11 is 2.47. The molecule has 0 saturated carbocycles. The van der Waals surface area contributed by atoms with Crippen molar-refractivity contribution >= 4 is 40.0 Å². The molecule has 0 atom stereocenters. The lowest BCUT2D eigenvalue weighted by atomic mass is 10.1. The molecule has 3 aromatic rings. The van der Waals surface area contributed by atoms with Crippen molar-refractivity contribution < 1.29 is 23.5 Å². The first-order valence-electron chi connectivity index (χ1n) is 9.72. The average molecular weight is 477 g/mol. The van der Waals surface area contributed by atoms with Crippen LogP contribution in [-0.2, 0) is 11.2 Å². The maximum absolute atomic E-state index is 12.3. The number of hydrogen-bond acceptors (Lipinski definition) is 9. The molecule has 2 amide bonds. The Balaban J connectivity index is 1.42. The largest absolute Gasteiger partial charge is 0.493 e. The first-order valence-corrected chi connectivity index (χ1v) is 11.5. The van der Waals surface area contributed by atoms with Gasteiger partial charge in [0.2, 0.25) is 11.0 Å². The molecular weight excluding hydrogens is 452 g/mol. The molecule has 3 rings (SSSR count). The van der Waals surface area contributed by atoms with Crippen molar-refractivity contribution in [2.75, 3.05) is 31.8 Å². The smallest absolute Gasteiger partial charge is 0.261 e. The third-order valence-electron chi connectivity index (χ3n) is 4.42. The van der Waals surface area contributed by atoms with E-state index in [0.717, 1.165) is 5.56 Å². The Morgan fingerprint density at radius 3 is 2.59 bits per heavy atom. The second-order valence-electron chi connectivity index (χ2n) is 6.73. The zero-order valence-corrected chi connectivity index (χ0v) is 19.8. The normalized spacial score (nSPS) is 10.6. The van der Waals surface area contributed by atoms with Crippen LogP contribution in [-0.4, -0.2) is 48.5 Å². The minimum Gasteiger partial charge on any atom is -0.493 e. The number of anilines is 1. The Labute approximate surface area is 193 Å². The van der Waals surface area contributed by atoms with Crippen molar-refractivity contribution in [1.82, 2.24) is 15.5 Å². The molecule has 2 aromatic heterocycles. The molecule has 11 heteroatoms. The molecule has 1 aromatic carbocycles. The van der Waals surface area contributed by atoms with E-state index < -0.39 is 0 Å². The summed E-state index contributed by atoms with van der Waals surface area (Å²) in [5, 5.41) is 13.9. The highest BCUT2D eigenvalue weighted by Crippen LogP contribution is 2.28. The van der Waals surface area contributed by atoms with Gasteiger partial charge in [-0.25, -0.2) is 0 Å². The lowest BCUT2D eigenvalue weighted by Crippen LogP contribution is -2.27. The second kappa shape index (κ2) is 11.0. The number of carbonyl (C=O) groups is 2. The third-order valence-corrected chi connectivity index (χ3v) is 6.40. The van der Waals surface area contributed by atoms with Crippen LogP contribution in [0.15, 0.2) is 33.0 Å². The summed E-state index contributed by atoms with van der Waals surface area (Å²) in [5.41, 5.74) is 1.49. The van der Waals surface area contributed by atoms with Crippen LogP contribution < -0.4 is 20.1 Å². The van der Waals surface area contributed by atoms with E-state index in [0.29, 0.717) is 51.0 Å². The number of benzene rings is 1. The quantitative estimate of drug-likeness (QED) is 0.338. The predicted molar refractivity (Wildman–Crippen MR) is 123 cm³/mol. The summed E-state index contributed by atoms with van der Waals surface area (Å²) in [6.45, 7) is 4.01. The molecule has 2 N–H and O–H groups in total. The first kappa shape index (κ1) is 23.6. The number of nitrogens with zero attached hydrogens (tertiary/aromatic N) is 2. The molecule has 0 aliphatic heterocycles. The summed E-state index contributed by atoms with van der Waals surface area (Å²) in [7, 11) is 3.18. The van der Waals surface area contributed by atoms with E-state index >= 15 is 0 Å². The number of ether oxygens (including phenoxy) is 2. The van der Waals surface area contributed by atoms with Gasteiger partial charge < -0.3 is 19.2 Å². The van der Waals surface area contributed by atoms with E-state index in [1.807, 2.05) is 18.2 Å². The molecule has 0 spiro atoms. The monoisotopic (exact) mass is 476 g/mol. The van der Waals surface area contributed by atoms with Gasteiger partial charge in [0, 0.05) is 6.54 Å². The highest BCUT2D eigenvalue weighted by Gasteiger charge is 2.16. The van der Waals surface area contributed by atoms with Gasteiger partial charge in [-0.05, 0) is 44.0 Å². The number of hydrogen-bond donors (Lipinski definition) is 2. The van der Waals surface area contributed by atoms with Crippen LogP contribution in [0.2, 0.25) is 0 Å².